The molecule has 1 atom stereocenters. The summed E-state index contributed by atoms with van der Waals surface area (Å²) in [7, 11) is 0. The monoisotopic (exact) mass is 223 g/mol. The molecular weight excluding hydrogens is 206 g/mol. The molecule has 1 aromatic rings. The molecule has 15 heavy (non-hydrogen) atoms. The predicted molar refractivity (Wildman–Crippen MR) is 65.3 cm³/mol. The summed E-state index contributed by atoms with van der Waals surface area (Å²) >= 11 is 6.18. The van der Waals surface area contributed by atoms with Crippen LogP contribution in [0.2, 0.25) is 5.02 Å². The molecule has 0 saturated carbocycles. The normalized spacial score (nSPS) is 16.5. The lowest BCUT2D eigenvalue weighted by Crippen LogP contribution is -2.12. The molecule has 1 aliphatic carbocycles. The van der Waals surface area contributed by atoms with E-state index in [4.69, 9.17) is 17.3 Å². The van der Waals surface area contributed by atoms with E-state index in [0.29, 0.717) is 0 Å². The largest absolute Gasteiger partial charge is 0.324 e. The van der Waals surface area contributed by atoms with Crippen LogP contribution in [0.1, 0.15) is 48.9 Å². The first-order valence-electron chi connectivity index (χ1n) is 5.79. The molecule has 0 spiro atoms. The van der Waals surface area contributed by atoms with Gasteiger partial charge in [0.05, 0.1) is 0 Å². The lowest BCUT2D eigenvalue weighted by atomic mass is 9.95. The van der Waals surface area contributed by atoms with Crippen molar-refractivity contribution >= 4 is 11.6 Å². The van der Waals surface area contributed by atoms with Crippen LogP contribution in [-0.2, 0) is 12.8 Å². The number of fused-ring (bicyclic) bond motifs is 1. The number of benzene rings is 1. The van der Waals surface area contributed by atoms with Crippen molar-refractivity contribution in [3.8, 4) is 0 Å². The molecule has 0 saturated heterocycles. The average Bonchev–Trinajstić information content (AvgIpc) is 2.68. The lowest BCUT2D eigenvalue weighted by Gasteiger charge is -2.16. The molecule has 2 heteroatoms. The Kier molecular flexibility index (Phi) is 3.32. The summed E-state index contributed by atoms with van der Waals surface area (Å²) in [5.41, 5.74) is 10.3. The third-order valence-corrected chi connectivity index (χ3v) is 3.62. The van der Waals surface area contributed by atoms with Gasteiger partial charge in [0.1, 0.15) is 0 Å². The van der Waals surface area contributed by atoms with Crippen LogP contribution in [0.5, 0.6) is 0 Å². The number of hydrogen-bond acceptors (Lipinski definition) is 1. The minimum atomic E-state index is 0.194. The molecule has 82 valence electrons. The van der Waals surface area contributed by atoms with Crippen LogP contribution in [0.4, 0.5) is 0 Å². The van der Waals surface area contributed by atoms with Gasteiger partial charge in [0, 0.05) is 11.1 Å². The molecule has 0 aliphatic heterocycles. The fourth-order valence-corrected chi connectivity index (χ4v) is 2.78. The van der Waals surface area contributed by atoms with Crippen LogP contribution < -0.4 is 5.73 Å². The van der Waals surface area contributed by atoms with E-state index in [9.17, 15) is 0 Å². The lowest BCUT2D eigenvalue weighted by molar-refractivity contribution is 0.633. The zero-order valence-corrected chi connectivity index (χ0v) is 9.98. The average molecular weight is 224 g/mol. The van der Waals surface area contributed by atoms with Gasteiger partial charge in [-0.1, -0.05) is 31.0 Å². The Bertz CT molecular complexity index is 360. The summed E-state index contributed by atoms with van der Waals surface area (Å²) < 4.78 is 0. The maximum absolute atomic E-state index is 6.19. The van der Waals surface area contributed by atoms with Crippen molar-refractivity contribution in [1.82, 2.24) is 0 Å². The Morgan fingerprint density at radius 2 is 2.07 bits per heavy atom. The standard InChI is InChI=1S/C13H18ClN/c1-2-4-13(15)11-7-8-12(14)10-6-3-5-9(10)11/h7-8,13H,2-6,15H2,1H3/t13-/m1/s1. The van der Waals surface area contributed by atoms with Crippen molar-refractivity contribution in [2.45, 2.75) is 45.1 Å². The van der Waals surface area contributed by atoms with Gasteiger partial charge in [-0.25, -0.2) is 0 Å². The summed E-state index contributed by atoms with van der Waals surface area (Å²) in [5.74, 6) is 0. The first-order chi connectivity index (χ1) is 7.24. The highest BCUT2D eigenvalue weighted by molar-refractivity contribution is 6.31. The molecule has 0 bridgehead atoms. The summed E-state index contributed by atoms with van der Waals surface area (Å²) in [6, 6.07) is 4.32. The maximum Gasteiger partial charge on any atom is 0.0440 e. The molecule has 0 radical (unpaired) electrons. The topological polar surface area (TPSA) is 26.0 Å². The van der Waals surface area contributed by atoms with E-state index in [2.05, 4.69) is 13.0 Å². The third-order valence-electron chi connectivity index (χ3n) is 3.26. The van der Waals surface area contributed by atoms with E-state index < -0.39 is 0 Å². The van der Waals surface area contributed by atoms with Crippen LogP contribution >= 0.6 is 11.6 Å². The summed E-state index contributed by atoms with van der Waals surface area (Å²) in [5, 5.41) is 0.926. The maximum atomic E-state index is 6.19. The molecule has 2 rings (SSSR count). The quantitative estimate of drug-likeness (QED) is 0.832. The fourth-order valence-electron chi connectivity index (χ4n) is 2.50. The Morgan fingerprint density at radius 3 is 2.80 bits per heavy atom. The second-order valence-corrected chi connectivity index (χ2v) is 4.75. The zero-order valence-electron chi connectivity index (χ0n) is 9.22. The van der Waals surface area contributed by atoms with Crippen molar-refractivity contribution in [3.05, 3.63) is 33.8 Å². The molecule has 1 aromatic carbocycles. The molecule has 0 aromatic heterocycles. The Morgan fingerprint density at radius 1 is 1.33 bits per heavy atom. The minimum absolute atomic E-state index is 0.194. The molecule has 0 unspecified atom stereocenters. The Hall–Kier alpha value is -0.530. The number of halogens is 1. The van der Waals surface area contributed by atoms with Gasteiger partial charge in [-0.05, 0) is 48.4 Å². The highest BCUT2D eigenvalue weighted by Gasteiger charge is 2.20. The highest BCUT2D eigenvalue weighted by Crippen LogP contribution is 2.34. The van der Waals surface area contributed by atoms with Gasteiger partial charge < -0.3 is 5.73 Å². The first-order valence-corrected chi connectivity index (χ1v) is 6.17. The van der Waals surface area contributed by atoms with Crippen LogP contribution in [0.25, 0.3) is 0 Å². The van der Waals surface area contributed by atoms with Gasteiger partial charge in [-0.2, -0.15) is 0 Å². The number of rotatable bonds is 3. The van der Waals surface area contributed by atoms with Crippen molar-refractivity contribution in [2.24, 2.45) is 5.73 Å². The van der Waals surface area contributed by atoms with E-state index in [1.54, 1.807) is 0 Å². The Labute approximate surface area is 96.6 Å². The molecule has 0 amide bonds. The van der Waals surface area contributed by atoms with Crippen LogP contribution in [0.3, 0.4) is 0 Å². The second kappa shape index (κ2) is 4.54. The van der Waals surface area contributed by atoms with Gasteiger partial charge in [0.15, 0.2) is 0 Å². The summed E-state index contributed by atoms with van der Waals surface area (Å²) in [6.07, 6.45) is 5.71. The van der Waals surface area contributed by atoms with Gasteiger partial charge in [-0.3, -0.25) is 0 Å². The van der Waals surface area contributed by atoms with Crippen LogP contribution in [0.15, 0.2) is 12.1 Å². The Balaban J connectivity index is 2.37. The van der Waals surface area contributed by atoms with Crippen molar-refractivity contribution in [2.75, 3.05) is 0 Å². The van der Waals surface area contributed by atoms with E-state index in [1.165, 1.54) is 23.1 Å². The van der Waals surface area contributed by atoms with Crippen LogP contribution in [0, 0.1) is 0 Å². The van der Waals surface area contributed by atoms with Crippen molar-refractivity contribution < 1.29 is 0 Å². The highest BCUT2D eigenvalue weighted by atomic mass is 35.5. The third kappa shape index (κ3) is 2.04. The van der Waals surface area contributed by atoms with Gasteiger partial charge in [0.25, 0.3) is 0 Å². The molecule has 0 heterocycles. The first kappa shape index (κ1) is 11.0. The van der Waals surface area contributed by atoms with E-state index in [1.807, 2.05) is 6.07 Å². The van der Waals surface area contributed by atoms with E-state index in [-0.39, 0.29) is 6.04 Å². The number of nitrogens with two attached hydrogens (primary N) is 1. The van der Waals surface area contributed by atoms with Gasteiger partial charge >= 0.3 is 0 Å². The molecular formula is C13H18ClN. The SMILES string of the molecule is CCC[C@@H](N)c1ccc(Cl)c2c1CCC2. The number of hydrogen-bond donors (Lipinski definition) is 1. The van der Waals surface area contributed by atoms with Crippen molar-refractivity contribution in [1.29, 1.82) is 0 Å². The summed E-state index contributed by atoms with van der Waals surface area (Å²) in [6.45, 7) is 2.18. The predicted octanol–water partition coefficient (Wildman–Crippen LogP) is 3.63. The zero-order chi connectivity index (χ0) is 10.8. The second-order valence-electron chi connectivity index (χ2n) is 4.34. The molecule has 2 N–H and O–H groups in total. The van der Waals surface area contributed by atoms with E-state index in [0.717, 1.165) is 30.7 Å². The summed E-state index contributed by atoms with van der Waals surface area (Å²) in [4.78, 5) is 0. The van der Waals surface area contributed by atoms with Crippen molar-refractivity contribution in [3.63, 3.8) is 0 Å². The van der Waals surface area contributed by atoms with E-state index >= 15 is 0 Å². The molecule has 1 aliphatic rings. The molecule has 1 nitrogen and oxygen atoms in total. The fraction of sp³-hybridized carbons (Fsp3) is 0.538. The van der Waals surface area contributed by atoms with Gasteiger partial charge in [0.2, 0.25) is 0 Å². The minimum Gasteiger partial charge on any atom is -0.324 e. The van der Waals surface area contributed by atoms with Crippen LogP contribution in [-0.4, -0.2) is 0 Å². The smallest absolute Gasteiger partial charge is 0.0440 e. The molecule has 0 fully saturated rings. The van der Waals surface area contributed by atoms with Gasteiger partial charge in [-0.15, -0.1) is 0 Å².